The van der Waals surface area contributed by atoms with Crippen LogP contribution >= 0.6 is 15.9 Å². The lowest BCUT2D eigenvalue weighted by atomic mass is 10.2. The Morgan fingerprint density at radius 3 is 2.60 bits per heavy atom. The SMILES string of the molecule is O=C(Nc1ccccc1Br)[C@H]1CCCN1C(=O)OCc1ccccc1. The van der Waals surface area contributed by atoms with E-state index < -0.39 is 12.1 Å². The number of nitrogens with zero attached hydrogens (tertiary/aromatic N) is 1. The molecule has 2 aromatic carbocycles. The van der Waals surface area contributed by atoms with Gasteiger partial charge in [-0.05, 0) is 46.5 Å². The molecule has 1 heterocycles. The number of para-hydroxylation sites is 1. The minimum atomic E-state index is -0.504. The zero-order valence-electron chi connectivity index (χ0n) is 13.7. The van der Waals surface area contributed by atoms with Crippen molar-refractivity contribution >= 4 is 33.6 Å². The van der Waals surface area contributed by atoms with Gasteiger partial charge in [0.2, 0.25) is 5.91 Å². The van der Waals surface area contributed by atoms with Gasteiger partial charge < -0.3 is 10.1 Å². The molecule has 0 spiro atoms. The third kappa shape index (κ3) is 4.39. The highest BCUT2D eigenvalue weighted by Gasteiger charge is 2.35. The standard InChI is InChI=1S/C19H19BrN2O3/c20-15-9-4-5-10-16(15)21-18(23)17-11-6-12-22(17)19(24)25-13-14-7-2-1-3-8-14/h1-5,7-10,17H,6,11-13H2,(H,21,23)/t17-/m1/s1. The molecule has 6 heteroatoms. The van der Waals surface area contributed by atoms with Gasteiger partial charge in [0.15, 0.2) is 0 Å². The van der Waals surface area contributed by atoms with Crippen LogP contribution in [0.3, 0.4) is 0 Å². The minimum absolute atomic E-state index is 0.193. The Balaban J connectivity index is 1.60. The van der Waals surface area contributed by atoms with Crippen molar-refractivity contribution in [3.8, 4) is 0 Å². The van der Waals surface area contributed by atoms with Crippen LogP contribution in [0.15, 0.2) is 59.1 Å². The highest BCUT2D eigenvalue weighted by atomic mass is 79.9. The zero-order chi connectivity index (χ0) is 17.6. The summed E-state index contributed by atoms with van der Waals surface area (Å²) in [4.78, 5) is 26.5. The van der Waals surface area contributed by atoms with Crippen molar-refractivity contribution in [3.63, 3.8) is 0 Å². The number of halogens is 1. The first-order chi connectivity index (χ1) is 12.1. The first kappa shape index (κ1) is 17.5. The number of likely N-dealkylation sites (tertiary alicyclic amines) is 1. The van der Waals surface area contributed by atoms with Gasteiger partial charge in [0.05, 0.1) is 5.69 Å². The quantitative estimate of drug-likeness (QED) is 0.833. The first-order valence-electron chi connectivity index (χ1n) is 8.18. The van der Waals surface area contributed by atoms with Crippen molar-refractivity contribution in [2.45, 2.75) is 25.5 Å². The Morgan fingerprint density at radius 2 is 1.84 bits per heavy atom. The predicted octanol–water partition coefficient (Wildman–Crippen LogP) is 4.19. The number of nitrogens with one attached hydrogen (secondary N) is 1. The van der Waals surface area contributed by atoms with Crippen LogP contribution in [-0.2, 0) is 16.1 Å². The molecular formula is C19H19BrN2O3. The van der Waals surface area contributed by atoms with E-state index in [4.69, 9.17) is 4.74 Å². The van der Waals surface area contributed by atoms with Crippen LogP contribution in [0.4, 0.5) is 10.5 Å². The van der Waals surface area contributed by atoms with Gasteiger partial charge >= 0.3 is 6.09 Å². The van der Waals surface area contributed by atoms with Crippen LogP contribution in [0.5, 0.6) is 0 Å². The third-order valence-corrected chi connectivity index (χ3v) is 4.82. The smallest absolute Gasteiger partial charge is 0.410 e. The average molecular weight is 403 g/mol. The van der Waals surface area contributed by atoms with Crippen LogP contribution in [0, 0.1) is 0 Å². The van der Waals surface area contributed by atoms with E-state index >= 15 is 0 Å². The monoisotopic (exact) mass is 402 g/mol. The van der Waals surface area contributed by atoms with Crippen molar-refractivity contribution in [2.75, 3.05) is 11.9 Å². The molecule has 25 heavy (non-hydrogen) atoms. The molecule has 1 N–H and O–H groups in total. The van der Waals surface area contributed by atoms with Crippen molar-refractivity contribution < 1.29 is 14.3 Å². The minimum Gasteiger partial charge on any atom is -0.445 e. The Morgan fingerprint density at radius 1 is 1.12 bits per heavy atom. The highest BCUT2D eigenvalue weighted by Crippen LogP contribution is 2.24. The van der Waals surface area contributed by atoms with Gasteiger partial charge in [0.25, 0.3) is 0 Å². The number of carbonyl (C=O) groups is 2. The molecule has 2 aromatic rings. The summed E-state index contributed by atoms with van der Waals surface area (Å²) < 4.78 is 6.17. The van der Waals surface area contributed by atoms with Crippen LogP contribution in [0.25, 0.3) is 0 Å². The maximum Gasteiger partial charge on any atom is 0.410 e. The summed E-state index contributed by atoms with van der Waals surface area (Å²) in [5, 5.41) is 2.88. The molecule has 5 nitrogen and oxygen atoms in total. The molecule has 1 atom stereocenters. The van der Waals surface area contributed by atoms with Crippen LogP contribution < -0.4 is 5.32 Å². The highest BCUT2D eigenvalue weighted by molar-refractivity contribution is 9.10. The molecule has 1 fully saturated rings. The topological polar surface area (TPSA) is 58.6 Å². The first-order valence-corrected chi connectivity index (χ1v) is 8.97. The molecule has 0 aromatic heterocycles. The second kappa shape index (κ2) is 8.16. The van der Waals surface area contributed by atoms with Crippen molar-refractivity contribution in [1.29, 1.82) is 0 Å². The normalized spacial score (nSPS) is 16.5. The Hall–Kier alpha value is -2.34. The lowest BCUT2D eigenvalue weighted by molar-refractivity contribution is -0.120. The van der Waals surface area contributed by atoms with Crippen LogP contribution in [-0.4, -0.2) is 29.5 Å². The average Bonchev–Trinajstić information content (AvgIpc) is 3.12. The maximum absolute atomic E-state index is 12.6. The number of rotatable bonds is 4. The summed E-state index contributed by atoms with van der Waals surface area (Å²) in [6.45, 7) is 0.733. The fourth-order valence-electron chi connectivity index (χ4n) is 2.84. The van der Waals surface area contributed by atoms with E-state index in [1.54, 1.807) is 0 Å². The molecule has 0 bridgehead atoms. The Bertz CT molecular complexity index is 751. The Kier molecular flexibility index (Phi) is 5.71. The molecular weight excluding hydrogens is 384 g/mol. The lowest BCUT2D eigenvalue weighted by Gasteiger charge is -2.23. The summed E-state index contributed by atoms with van der Waals surface area (Å²) >= 11 is 3.41. The second-order valence-corrected chi connectivity index (χ2v) is 6.72. The number of hydrogen-bond donors (Lipinski definition) is 1. The molecule has 1 aliphatic rings. The van der Waals surface area contributed by atoms with E-state index in [1.165, 1.54) is 4.90 Å². The van der Waals surface area contributed by atoms with Crippen LogP contribution in [0.1, 0.15) is 18.4 Å². The van der Waals surface area contributed by atoms with Gasteiger partial charge in [-0.3, -0.25) is 9.69 Å². The van der Waals surface area contributed by atoms with Crippen LogP contribution in [0.2, 0.25) is 0 Å². The second-order valence-electron chi connectivity index (χ2n) is 5.86. The van der Waals surface area contributed by atoms with Gasteiger partial charge in [0, 0.05) is 11.0 Å². The van der Waals surface area contributed by atoms with Gasteiger partial charge in [-0.25, -0.2) is 4.79 Å². The summed E-state index contributed by atoms with van der Waals surface area (Å²) in [6, 6.07) is 16.4. The molecule has 1 saturated heterocycles. The van der Waals surface area contributed by atoms with E-state index in [0.29, 0.717) is 18.7 Å². The number of anilines is 1. The number of amides is 2. The molecule has 3 rings (SSSR count). The van der Waals surface area contributed by atoms with E-state index in [2.05, 4.69) is 21.2 Å². The third-order valence-electron chi connectivity index (χ3n) is 4.13. The molecule has 0 unspecified atom stereocenters. The van der Waals surface area contributed by atoms with E-state index in [1.807, 2.05) is 54.6 Å². The number of carbonyl (C=O) groups excluding carboxylic acids is 2. The molecule has 2 amide bonds. The molecule has 0 radical (unpaired) electrons. The van der Waals surface area contributed by atoms with E-state index in [-0.39, 0.29) is 12.5 Å². The van der Waals surface area contributed by atoms with Gasteiger partial charge in [-0.1, -0.05) is 42.5 Å². The molecule has 0 saturated carbocycles. The fourth-order valence-corrected chi connectivity index (χ4v) is 3.22. The lowest BCUT2D eigenvalue weighted by Crippen LogP contribution is -2.43. The maximum atomic E-state index is 12.6. The molecule has 0 aliphatic carbocycles. The largest absolute Gasteiger partial charge is 0.445 e. The summed E-state index contributed by atoms with van der Waals surface area (Å²) in [5.41, 5.74) is 1.61. The number of hydrogen-bond acceptors (Lipinski definition) is 3. The zero-order valence-corrected chi connectivity index (χ0v) is 15.2. The van der Waals surface area contributed by atoms with Crippen molar-refractivity contribution in [2.24, 2.45) is 0 Å². The van der Waals surface area contributed by atoms with Gasteiger partial charge in [0.1, 0.15) is 12.6 Å². The summed E-state index contributed by atoms with van der Waals surface area (Å²) in [6.07, 6.45) is 0.971. The van der Waals surface area contributed by atoms with Crippen molar-refractivity contribution in [1.82, 2.24) is 4.90 Å². The number of benzene rings is 2. The Labute approximate surface area is 155 Å². The number of ether oxygens (including phenoxy) is 1. The van der Waals surface area contributed by atoms with E-state index in [0.717, 1.165) is 16.5 Å². The molecule has 130 valence electrons. The van der Waals surface area contributed by atoms with E-state index in [9.17, 15) is 9.59 Å². The fraction of sp³-hybridized carbons (Fsp3) is 0.263. The summed E-state index contributed by atoms with van der Waals surface area (Å²) in [5.74, 6) is -0.193. The predicted molar refractivity (Wildman–Crippen MR) is 99.1 cm³/mol. The van der Waals surface area contributed by atoms with Gasteiger partial charge in [-0.15, -0.1) is 0 Å². The van der Waals surface area contributed by atoms with Gasteiger partial charge in [-0.2, -0.15) is 0 Å². The van der Waals surface area contributed by atoms with Crippen molar-refractivity contribution in [3.05, 3.63) is 64.6 Å². The summed E-state index contributed by atoms with van der Waals surface area (Å²) in [7, 11) is 0. The molecule has 1 aliphatic heterocycles.